The van der Waals surface area contributed by atoms with E-state index in [1.54, 1.807) is 6.07 Å². The van der Waals surface area contributed by atoms with Crippen molar-refractivity contribution in [3.63, 3.8) is 0 Å². The number of hydrogen-bond acceptors (Lipinski definition) is 4. The zero-order valence-electron chi connectivity index (χ0n) is 13.0. The monoisotopic (exact) mass is 364 g/mol. The number of carboxylic acid groups (broad SMARTS) is 1. The highest BCUT2D eigenvalue weighted by Crippen LogP contribution is 2.23. The first-order valence-corrected chi connectivity index (χ1v) is 7.87. The van der Waals surface area contributed by atoms with E-state index in [0.29, 0.717) is 19.0 Å². The maximum absolute atomic E-state index is 12.2. The number of nitrogens with zero attached hydrogens (tertiary/aromatic N) is 1. The average molecular weight is 365 g/mol. The van der Waals surface area contributed by atoms with Crippen LogP contribution in [0.25, 0.3) is 0 Å². The van der Waals surface area contributed by atoms with E-state index >= 15 is 0 Å². The van der Waals surface area contributed by atoms with Gasteiger partial charge in [-0.3, -0.25) is 9.59 Å². The molecule has 0 aromatic carbocycles. The maximum Gasteiger partial charge on any atom is 0.304 e. The minimum absolute atomic E-state index is 0. The summed E-state index contributed by atoms with van der Waals surface area (Å²) in [4.78, 5) is 24.9. The summed E-state index contributed by atoms with van der Waals surface area (Å²) < 4.78 is 5.12. The van der Waals surface area contributed by atoms with Gasteiger partial charge >= 0.3 is 5.97 Å². The quantitative estimate of drug-likeness (QED) is 0.776. The van der Waals surface area contributed by atoms with Crippen LogP contribution in [-0.2, 0) is 4.79 Å². The Bertz CT molecular complexity index is 535. The molecule has 130 valence electrons. The van der Waals surface area contributed by atoms with E-state index in [0.717, 1.165) is 19.4 Å². The summed E-state index contributed by atoms with van der Waals surface area (Å²) in [5.74, 6) is -0.555. The number of carbonyl (C=O) groups is 2. The summed E-state index contributed by atoms with van der Waals surface area (Å²) in [5.41, 5.74) is 0. The molecule has 1 aliphatic heterocycles. The Morgan fingerprint density at radius 2 is 2.17 bits per heavy atom. The van der Waals surface area contributed by atoms with Gasteiger partial charge in [-0.2, -0.15) is 0 Å². The highest BCUT2D eigenvalue weighted by atomic mass is 35.5. The number of hydrogen-bond donors (Lipinski definition) is 2. The highest BCUT2D eigenvalue weighted by molar-refractivity contribution is 6.29. The molecule has 2 N–H and O–H groups in total. The van der Waals surface area contributed by atoms with Gasteiger partial charge in [-0.1, -0.05) is 13.3 Å². The Labute approximate surface area is 146 Å². The number of furan rings is 1. The lowest BCUT2D eigenvalue weighted by Gasteiger charge is -2.18. The highest BCUT2D eigenvalue weighted by Gasteiger charge is 2.33. The van der Waals surface area contributed by atoms with Crippen LogP contribution >= 0.6 is 24.0 Å². The van der Waals surface area contributed by atoms with Crippen molar-refractivity contribution in [2.24, 2.45) is 5.92 Å². The smallest absolute Gasteiger partial charge is 0.304 e. The van der Waals surface area contributed by atoms with E-state index < -0.39 is 5.97 Å². The van der Waals surface area contributed by atoms with Crippen LogP contribution in [0.5, 0.6) is 0 Å². The molecule has 8 heteroatoms. The largest absolute Gasteiger partial charge is 0.481 e. The molecule has 2 atom stereocenters. The molecule has 0 unspecified atom stereocenters. The molecular formula is C15H22Cl2N2O4. The third-order valence-corrected chi connectivity index (χ3v) is 4.13. The van der Waals surface area contributed by atoms with Crippen LogP contribution in [0.15, 0.2) is 16.5 Å². The number of nitrogens with one attached hydrogen (secondary N) is 1. The minimum atomic E-state index is -0.801. The van der Waals surface area contributed by atoms with Crippen LogP contribution in [0.2, 0.25) is 5.22 Å². The van der Waals surface area contributed by atoms with Gasteiger partial charge in [0.1, 0.15) is 0 Å². The fraction of sp³-hybridized carbons (Fsp3) is 0.600. The molecule has 23 heavy (non-hydrogen) atoms. The number of likely N-dealkylation sites (tertiary alicyclic amines) is 1. The third-order valence-electron chi connectivity index (χ3n) is 3.93. The van der Waals surface area contributed by atoms with Gasteiger partial charge in [0.15, 0.2) is 11.0 Å². The first kappa shape index (κ1) is 19.8. The standard InChI is InChI=1S/C15H21ClN2O4.ClH/c1-2-3-10-8-18(7-6-14(19)20)9-11(10)17-15(21)12-4-5-13(16)22-12;/h4-5,10-11H,2-3,6-9H2,1H3,(H,17,21)(H,19,20);1H/t10-,11-;/m0./s1. The van der Waals surface area contributed by atoms with E-state index in [1.165, 1.54) is 6.07 Å². The van der Waals surface area contributed by atoms with Crippen molar-refractivity contribution in [2.75, 3.05) is 19.6 Å². The molecule has 2 rings (SSSR count). The number of carboxylic acids is 1. The van der Waals surface area contributed by atoms with Gasteiger partial charge in [0.25, 0.3) is 5.91 Å². The van der Waals surface area contributed by atoms with Gasteiger partial charge in [-0.05, 0) is 36.1 Å². The summed E-state index contributed by atoms with van der Waals surface area (Å²) in [7, 11) is 0. The van der Waals surface area contributed by atoms with E-state index in [1.807, 2.05) is 0 Å². The van der Waals surface area contributed by atoms with Crippen molar-refractivity contribution >= 4 is 35.9 Å². The fourth-order valence-electron chi connectivity index (χ4n) is 2.90. The summed E-state index contributed by atoms with van der Waals surface area (Å²) in [5, 5.41) is 11.9. The molecule has 1 aromatic heterocycles. The molecule has 0 spiro atoms. The summed E-state index contributed by atoms with van der Waals surface area (Å²) in [6.07, 6.45) is 2.14. The van der Waals surface area contributed by atoms with Crippen LogP contribution in [-0.4, -0.2) is 47.6 Å². The van der Waals surface area contributed by atoms with Gasteiger partial charge in [-0.25, -0.2) is 0 Å². The number of rotatable bonds is 7. The Hall–Kier alpha value is -1.24. The zero-order chi connectivity index (χ0) is 16.1. The van der Waals surface area contributed by atoms with Crippen LogP contribution < -0.4 is 5.32 Å². The van der Waals surface area contributed by atoms with Gasteiger partial charge in [0, 0.05) is 25.7 Å². The summed E-state index contributed by atoms with van der Waals surface area (Å²) in [6, 6.07) is 3.09. The van der Waals surface area contributed by atoms with E-state index in [2.05, 4.69) is 17.1 Å². The third kappa shape index (κ3) is 5.71. The normalized spacial score (nSPS) is 21.0. The van der Waals surface area contributed by atoms with Crippen molar-refractivity contribution in [3.05, 3.63) is 23.1 Å². The van der Waals surface area contributed by atoms with Crippen molar-refractivity contribution in [2.45, 2.75) is 32.2 Å². The Kier molecular flexibility index (Phi) is 7.88. The van der Waals surface area contributed by atoms with E-state index in [9.17, 15) is 9.59 Å². The average Bonchev–Trinajstić information content (AvgIpc) is 3.04. The van der Waals surface area contributed by atoms with Crippen LogP contribution in [0.4, 0.5) is 0 Å². The van der Waals surface area contributed by atoms with Crippen LogP contribution in [0.3, 0.4) is 0 Å². The summed E-state index contributed by atoms with van der Waals surface area (Å²) in [6.45, 7) is 4.09. The Morgan fingerprint density at radius 3 is 2.74 bits per heavy atom. The maximum atomic E-state index is 12.2. The van der Waals surface area contributed by atoms with Crippen molar-refractivity contribution in [3.8, 4) is 0 Å². The van der Waals surface area contributed by atoms with E-state index in [-0.39, 0.29) is 41.8 Å². The first-order valence-electron chi connectivity index (χ1n) is 7.50. The number of carbonyl (C=O) groups excluding carboxylic acids is 1. The molecule has 1 aromatic rings. The zero-order valence-corrected chi connectivity index (χ0v) is 14.5. The van der Waals surface area contributed by atoms with Gasteiger partial charge in [0.05, 0.1) is 6.42 Å². The first-order chi connectivity index (χ1) is 10.5. The molecule has 0 aliphatic carbocycles. The Morgan fingerprint density at radius 1 is 1.43 bits per heavy atom. The van der Waals surface area contributed by atoms with Crippen molar-refractivity contribution in [1.82, 2.24) is 10.2 Å². The van der Waals surface area contributed by atoms with Crippen molar-refractivity contribution < 1.29 is 19.1 Å². The topological polar surface area (TPSA) is 82.8 Å². The number of halogens is 2. The molecule has 1 aliphatic rings. The second kappa shape index (κ2) is 9.15. The van der Waals surface area contributed by atoms with E-state index in [4.69, 9.17) is 21.1 Å². The molecule has 1 fully saturated rings. The van der Waals surface area contributed by atoms with Crippen LogP contribution in [0.1, 0.15) is 36.7 Å². The van der Waals surface area contributed by atoms with Crippen LogP contribution in [0, 0.1) is 5.92 Å². The number of amides is 1. The molecule has 1 saturated heterocycles. The minimum Gasteiger partial charge on any atom is -0.481 e. The predicted octanol–water partition coefficient (Wildman–Crippen LogP) is 2.66. The fourth-order valence-corrected chi connectivity index (χ4v) is 3.05. The van der Waals surface area contributed by atoms with Crippen molar-refractivity contribution in [1.29, 1.82) is 0 Å². The second-order valence-electron chi connectivity index (χ2n) is 5.64. The Balaban J connectivity index is 0.00000264. The molecular weight excluding hydrogens is 343 g/mol. The number of aliphatic carboxylic acids is 1. The molecule has 0 saturated carbocycles. The molecule has 6 nitrogen and oxygen atoms in total. The molecule has 0 bridgehead atoms. The molecule has 0 radical (unpaired) electrons. The van der Waals surface area contributed by atoms with Gasteiger partial charge in [0.2, 0.25) is 0 Å². The van der Waals surface area contributed by atoms with Gasteiger partial charge < -0.3 is 19.7 Å². The molecule has 1 amide bonds. The summed E-state index contributed by atoms with van der Waals surface area (Å²) >= 11 is 5.68. The SMILES string of the molecule is CCC[C@H]1CN(CCC(=O)O)C[C@@H]1NC(=O)c1ccc(Cl)o1.Cl. The van der Waals surface area contributed by atoms with Gasteiger partial charge in [-0.15, -0.1) is 12.4 Å². The second-order valence-corrected chi connectivity index (χ2v) is 6.01. The molecule has 2 heterocycles. The lowest BCUT2D eigenvalue weighted by Crippen LogP contribution is -2.40. The predicted molar refractivity (Wildman–Crippen MR) is 89.3 cm³/mol. The lowest BCUT2D eigenvalue weighted by atomic mass is 9.98. The lowest BCUT2D eigenvalue weighted by molar-refractivity contribution is -0.137.